The van der Waals surface area contributed by atoms with Crippen LogP contribution in [-0.4, -0.2) is 25.9 Å². The van der Waals surface area contributed by atoms with E-state index in [9.17, 15) is 4.79 Å². The third-order valence-electron chi connectivity index (χ3n) is 5.16. The van der Waals surface area contributed by atoms with Crippen molar-refractivity contribution in [1.82, 2.24) is 20.0 Å². The van der Waals surface area contributed by atoms with Gasteiger partial charge in [0.15, 0.2) is 5.13 Å². The van der Waals surface area contributed by atoms with Crippen molar-refractivity contribution in [3.05, 3.63) is 82.9 Å². The molecule has 0 bridgehead atoms. The van der Waals surface area contributed by atoms with E-state index in [1.165, 1.54) is 11.3 Å². The van der Waals surface area contributed by atoms with E-state index in [0.717, 1.165) is 32.4 Å². The first-order chi connectivity index (χ1) is 15.1. The number of aryl methyl sites for hydroxylation is 1. The molecule has 0 spiro atoms. The number of benzene rings is 3. The molecule has 2 heterocycles. The van der Waals surface area contributed by atoms with Gasteiger partial charge < -0.3 is 0 Å². The quantitative estimate of drug-likeness (QED) is 0.369. The van der Waals surface area contributed by atoms with Crippen LogP contribution in [0.25, 0.3) is 21.3 Å². The molecule has 0 atom stereocenters. The number of rotatable bonds is 5. The van der Waals surface area contributed by atoms with Crippen LogP contribution in [0.15, 0.2) is 66.7 Å². The molecule has 5 rings (SSSR count). The zero-order valence-corrected chi connectivity index (χ0v) is 18.3. The molecule has 0 radical (unpaired) electrons. The van der Waals surface area contributed by atoms with E-state index in [1.54, 1.807) is 9.58 Å². The van der Waals surface area contributed by atoms with Crippen LogP contribution in [0.2, 0.25) is 5.02 Å². The highest BCUT2D eigenvalue weighted by Crippen LogP contribution is 2.34. The average Bonchev–Trinajstić information content (AvgIpc) is 3.40. The van der Waals surface area contributed by atoms with E-state index < -0.39 is 0 Å². The summed E-state index contributed by atoms with van der Waals surface area (Å²) in [7, 11) is 0. The Labute approximate surface area is 187 Å². The van der Waals surface area contributed by atoms with E-state index in [1.807, 2.05) is 73.7 Å². The lowest BCUT2D eigenvalue weighted by molar-refractivity contribution is -0.119. The average molecular weight is 448 g/mol. The largest absolute Gasteiger partial charge is 0.282 e. The predicted molar refractivity (Wildman–Crippen MR) is 125 cm³/mol. The highest BCUT2D eigenvalue weighted by atomic mass is 35.5. The molecule has 0 unspecified atom stereocenters. The van der Waals surface area contributed by atoms with Gasteiger partial charge in [-0.2, -0.15) is 0 Å². The van der Waals surface area contributed by atoms with Crippen molar-refractivity contribution in [3.63, 3.8) is 0 Å². The van der Waals surface area contributed by atoms with Crippen molar-refractivity contribution < 1.29 is 4.79 Å². The fourth-order valence-electron chi connectivity index (χ4n) is 3.48. The Morgan fingerprint density at radius 2 is 1.84 bits per heavy atom. The number of para-hydroxylation sites is 1. The van der Waals surface area contributed by atoms with Crippen LogP contribution in [0, 0.1) is 6.92 Å². The number of halogens is 1. The summed E-state index contributed by atoms with van der Waals surface area (Å²) in [5.41, 5.74) is 4.34. The number of fused-ring (bicyclic) bond motifs is 2. The molecule has 0 saturated carbocycles. The van der Waals surface area contributed by atoms with Crippen LogP contribution in [0.3, 0.4) is 0 Å². The van der Waals surface area contributed by atoms with Gasteiger partial charge in [-0.1, -0.05) is 70.6 Å². The first-order valence-corrected chi connectivity index (χ1v) is 11.0. The van der Waals surface area contributed by atoms with Crippen LogP contribution in [-0.2, 0) is 17.9 Å². The highest BCUT2D eigenvalue weighted by molar-refractivity contribution is 7.22. The van der Waals surface area contributed by atoms with Gasteiger partial charge in [-0.25, -0.2) is 9.67 Å². The van der Waals surface area contributed by atoms with Crippen molar-refractivity contribution in [2.75, 3.05) is 4.90 Å². The summed E-state index contributed by atoms with van der Waals surface area (Å²) in [6.45, 7) is 2.43. The van der Waals surface area contributed by atoms with Gasteiger partial charge in [0.1, 0.15) is 12.1 Å². The monoisotopic (exact) mass is 447 g/mol. The topological polar surface area (TPSA) is 63.9 Å². The molecule has 5 aromatic rings. The van der Waals surface area contributed by atoms with Crippen molar-refractivity contribution >= 4 is 55.2 Å². The lowest BCUT2D eigenvalue weighted by Gasteiger charge is -2.20. The minimum atomic E-state index is -0.109. The van der Waals surface area contributed by atoms with E-state index in [2.05, 4.69) is 10.3 Å². The first kappa shape index (κ1) is 19.7. The molecule has 1 amide bonds. The number of carbonyl (C=O) groups excluding carboxylic acids is 1. The Morgan fingerprint density at radius 1 is 1.06 bits per heavy atom. The molecule has 6 nitrogen and oxygen atoms in total. The molecule has 154 valence electrons. The van der Waals surface area contributed by atoms with Crippen molar-refractivity contribution in [2.45, 2.75) is 20.0 Å². The third kappa shape index (κ3) is 3.78. The number of thiazole rings is 1. The fraction of sp³-hybridized carbons (Fsp3) is 0.130. The number of aromatic nitrogens is 4. The Bertz CT molecular complexity index is 1400. The maximum Gasteiger partial charge on any atom is 0.250 e. The van der Waals surface area contributed by atoms with E-state index in [4.69, 9.17) is 16.6 Å². The lowest BCUT2D eigenvalue weighted by Crippen LogP contribution is -2.33. The second kappa shape index (κ2) is 8.09. The van der Waals surface area contributed by atoms with E-state index >= 15 is 0 Å². The van der Waals surface area contributed by atoms with Crippen molar-refractivity contribution in [3.8, 4) is 0 Å². The summed E-state index contributed by atoms with van der Waals surface area (Å²) in [6, 6.07) is 21.3. The van der Waals surface area contributed by atoms with E-state index in [-0.39, 0.29) is 12.5 Å². The maximum absolute atomic E-state index is 13.5. The van der Waals surface area contributed by atoms with Crippen LogP contribution in [0.5, 0.6) is 0 Å². The molecule has 0 aliphatic carbocycles. The number of anilines is 1. The summed E-state index contributed by atoms with van der Waals surface area (Å²) in [5, 5.41) is 9.63. The summed E-state index contributed by atoms with van der Waals surface area (Å²) in [4.78, 5) is 20.0. The number of nitrogens with zero attached hydrogens (tertiary/aromatic N) is 5. The smallest absolute Gasteiger partial charge is 0.250 e. The van der Waals surface area contributed by atoms with Gasteiger partial charge in [0.25, 0.3) is 5.91 Å². The Morgan fingerprint density at radius 3 is 2.68 bits per heavy atom. The molecule has 3 aromatic carbocycles. The second-order valence-corrected chi connectivity index (χ2v) is 8.63. The summed E-state index contributed by atoms with van der Waals surface area (Å²) in [6.07, 6.45) is 0. The van der Waals surface area contributed by atoms with Gasteiger partial charge in [0.2, 0.25) is 0 Å². The summed E-state index contributed by atoms with van der Waals surface area (Å²) in [5.74, 6) is -0.109. The van der Waals surface area contributed by atoms with Crippen molar-refractivity contribution in [2.24, 2.45) is 0 Å². The van der Waals surface area contributed by atoms with Crippen molar-refractivity contribution in [1.29, 1.82) is 0 Å². The van der Waals surface area contributed by atoms with Crippen LogP contribution in [0.1, 0.15) is 11.1 Å². The standard InChI is InChI=1S/C23H18ClN5OS/c1-15-17(24)11-12-20-22(15)25-23(31-20)28(13-16-7-3-2-4-8-16)21(30)14-29-19-10-6-5-9-18(19)26-27-29/h2-12H,13-14H2,1H3. The zero-order valence-electron chi connectivity index (χ0n) is 16.7. The number of hydrogen-bond donors (Lipinski definition) is 0. The minimum absolute atomic E-state index is 0.0724. The van der Waals surface area contributed by atoms with Gasteiger partial charge in [-0.15, -0.1) is 5.10 Å². The third-order valence-corrected chi connectivity index (χ3v) is 6.61. The van der Waals surface area contributed by atoms with Gasteiger partial charge in [0.05, 0.1) is 22.3 Å². The van der Waals surface area contributed by atoms with Crippen LogP contribution >= 0.6 is 22.9 Å². The molecule has 2 aromatic heterocycles. The Hall–Kier alpha value is -3.29. The molecule has 31 heavy (non-hydrogen) atoms. The normalized spacial score (nSPS) is 11.3. The first-order valence-electron chi connectivity index (χ1n) is 9.78. The maximum atomic E-state index is 13.5. The lowest BCUT2D eigenvalue weighted by atomic mass is 10.2. The molecular weight excluding hydrogens is 430 g/mol. The van der Waals surface area contributed by atoms with Gasteiger partial charge >= 0.3 is 0 Å². The Kier molecular flexibility index (Phi) is 5.13. The van der Waals surface area contributed by atoms with Gasteiger partial charge in [0, 0.05) is 5.02 Å². The summed E-state index contributed by atoms with van der Waals surface area (Å²) >= 11 is 7.77. The number of hydrogen-bond acceptors (Lipinski definition) is 5. The molecule has 0 fully saturated rings. The van der Waals surface area contributed by atoms with E-state index in [0.29, 0.717) is 16.7 Å². The molecule has 0 saturated heterocycles. The molecule has 0 N–H and O–H groups in total. The van der Waals surface area contributed by atoms with Crippen LogP contribution in [0.4, 0.5) is 5.13 Å². The molecular formula is C23H18ClN5OS. The zero-order chi connectivity index (χ0) is 21.4. The predicted octanol–water partition coefficient (Wildman–Crippen LogP) is 5.24. The minimum Gasteiger partial charge on any atom is -0.282 e. The molecule has 0 aliphatic rings. The Balaban J connectivity index is 1.54. The number of amides is 1. The SMILES string of the molecule is Cc1c(Cl)ccc2sc(N(Cc3ccccc3)C(=O)Cn3nnc4ccccc43)nc12. The number of carbonyl (C=O) groups is 1. The highest BCUT2D eigenvalue weighted by Gasteiger charge is 2.22. The van der Waals surface area contributed by atoms with Gasteiger partial charge in [-0.05, 0) is 42.3 Å². The summed E-state index contributed by atoms with van der Waals surface area (Å²) < 4.78 is 2.62. The van der Waals surface area contributed by atoms with Crippen LogP contribution < -0.4 is 4.90 Å². The fourth-order valence-corrected chi connectivity index (χ4v) is 4.67. The molecule has 0 aliphatic heterocycles. The van der Waals surface area contributed by atoms with Gasteiger partial charge in [-0.3, -0.25) is 9.69 Å². The second-order valence-electron chi connectivity index (χ2n) is 7.22. The molecule has 8 heteroatoms.